The zero-order valence-corrected chi connectivity index (χ0v) is 16.1. The molecule has 2 heterocycles. The molecule has 1 fully saturated rings. The number of ether oxygens (including phenoxy) is 1. The van der Waals surface area contributed by atoms with Crippen LogP contribution in [-0.2, 0) is 11.2 Å². The van der Waals surface area contributed by atoms with Crippen molar-refractivity contribution in [2.75, 3.05) is 5.32 Å². The third-order valence-electron chi connectivity index (χ3n) is 4.70. The number of nitrogens with one attached hydrogen (secondary N) is 1. The molecule has 0 aliphatic heterocycles. The molecule has 1 N–H and O–H groups in total. The van der Waals surface area contributed by atoms with Crippen molar-refractivity contribution in [1.82, 2.24) is 4.98 Å². The van der Waals surface area contributed by atoms with Crippen LogP contribution in [0.2, 0.25) is 0 Å². The molecule has 3 aromatic rings. The van der Waals surface area contributed by atoms with E-state index in [2.05, 4.69) is 10.3 Å². The second-order valence-electron chi connectivity index (χ2n) is 6.77. The predicted molar refractivity (Wildman–Crippen MR) is 106 cm³/mol. The van der Waals surface area contributed by atoms with Gasteiger partial charge in [0.15, 0.2) is 0 Å². The maximum absolute atomic E-state index is 12.4. The summed E-state index contributed by atoms with van der Waals surface area (Å²) in [5.41, 5.74) is 1.41. The van der Waals surface area contributed by atoms with E-state index in [4.69, 9.17) is 9.15 Å². The zero-order chi connectivity index (χ0) is 18.6. The number of hydrogen-bond acceptors (Lipinski definition) is 5. The van der Waals surface area contributed by atoms with Crippen molar-refractivity contribution in [3.63, 3.8) is 0 Å². The molecule has 1 saturated carbocycles. The molecule has 6 heteroatoms. The summed E-state index contributed by atoms with van der Waals surface area (Å²) in [5, 5.41) is 4.88. The summed E-state index contributed by atoms with van der Waals surface area (Å²) >= 11 is 1.56. The standard InChI is InChI=1S/C21H22N2O3S/c1-14-18(23-21(25-14)19-7-4-12-27-19)13-20(24)22-15-8-10-17(11-9-15)26-16-5-2-3-6-16/h4,7-12,16H,2-3,5-6,13H2,1H3,(H,22,24). The first-order valence-corrected chi connectivity index (χ1v) is 10.1. The molecule has 0 bridgehead atoms. The van der Waals surface area contributed by atoms with Gasteiger partial charge in [0.2, 0.25) is 11.8 Å². The molecule has 140 valence electrons. The smallest absolute Gasteiger partial charge is 0.236 e. The minimum absolute atomic E-state index is 0.117. The van der Waals surface area contributed by atoms with Crippen LogP contribution in [0.25, 0.3) is 10.8 Å². The first-order chi connectivity index (χ1) is 13.2. The van der Waals surface area contributed by atoms with Crippen LogP contribution in [0, 0.1) is 6.92 Å². The molecule has 0 spiro atoms. The van der Waals surface area contributed by atoms with Gasteiger partial charge in [-0.15, -0.1) is 11.3 Å². The Hall–Kier alpha value is -2.60. The average Bonchev–Trinajstić information content (AvgIpc) is 3.40. The van der Waals surface area contributed by atoms with Gasteiger partial charge in [-0.1, -0.05) is 6.07 Å². The lowest BCUT2D eigenvalue weighted by molar-refractivity contribution is -0.115. The third-order valence-corrected chi connectivity index (χ3v) is 5.55. The minimum Gasteiger partial charge on any atom is -0.490 e. The fourth-order valence-electron chi connectivity index (χ4n) is 3.27. The average molecular weight is 382 g/mol. The van der Waals surface area contributed by atoms with Gasteiger partial charge >= 0.3 is 0 Å². The molecule has 0 radical (unpaired) electrons. The summed E-state index contributed by atoms with van der Waals surface area (Å²) in [6, 6.07) is 11.5. The van der Waals surface area contributed by atoms with E-state index in [0.29, 0.717) is 23.4 Å². The van der Waals surface area contributed by atoms with Gasteiger partial charge < -0.3 is 14.5 Å². The van der Waals surface area contributed by atoms with Crippen LogP contribution in [-0.4, -0.2) is 17.0 Å². The molecule has 0 unspecified atom stereocenters. The normalized spacial score (nSPS) is 14.4. The van der Waals surface area contributed by atoms with Crippen LogP contribution in [0.5, 0.6) is 5.75 Å². The molecule has 5 nitrogen and oxygen atoms in total. The SMILES string of the molecule is Cc1oc(-c2cccs2)nc1CC(=O)Nc1ccc(OC2CCCC2)cc1. The largest absolute Gasteiger partial charge is 0.490 e. The molecule has 1 aliphatic carbocycles. The maximum atomic E-state index is 12.4. The number of aromatic nitrogens is 1. The number of carbonyl (C=O) groups excluding carboxylic acids is 1. The molecule has 0 atom stereocenters. The van der Waals surface area contributed by atoms with E-state index in [1.54, 1.807) is 11.3 Å². The van der Waals surface area contributed by atoms with Crippen molar-refractivity contribution in [2.45, 2.75) is 45.1 Å². The highest BCUT2D eigenvalue weighted by Gasteiger charge is 2.17. The summed E-state index contributed by atoms with van der Waals surface area (Å²) in [7, 11) is 0. The Morgan fingerprint density at radius 2 is 2.04 bits per heavy atom. The highest BCUT2D eigenvalue weighted by molar-refractivity contribution is 7.13. The van der Waals surface area contributed by atoms with Crippen LogP contribution < -0.4 is 10.1 Å². The summed E-state index contributed by atoms with van der Waals surface area (Å²) in [6.45, 7) is 1.84. The van der Waals surface area contributed by atoms with Crippen LogP contribution in [0.3, 0.4) is 0 Å². The number of nitrogens with zero attached hydrogens (tertiary/aromatic N) is 1. The molecular weight excluding hydrogens is 360 g/mol. The number of anilines is 1. The van der Waals surface area contributed by atoms with Crippen molar-refractivity contribution in [3.8, 4) is 16.5 Å². The van der Waals surface area contributed by atoms with Gasteiger partial charge in [0, 0.05) is 5.69 Å². The van der Waals surface area contributed by atoms with E-state index in [1.165, 1.54) is 12.8 Å². The van der Waals surface area contributed by atoms with E-state index in [1.807, 2.05) is 48.7 Å². The number of benzene rings is 1. The van der Waals surface area contributed by atoms with Crippen molar-refractivity contribution >= 4 is 22.9 Å². The summed E-state index contributed by atoms with van der Waals surface area (Å²) < 4.78 is 11.6. The van der Waals surface area contributed by atoms with E-state index in [-0.39, 0.29) is 12.3 Å². The lowest BCUT2D eigenvalue weighted by Gasteiger charge is -2.13. The number of thiophene rings is 1. The second kappa shape index (κ2) is 7.96. The van der Waals surface area contributed by atoms with Crippen molar-refractivity contribution in [1.29, 1.82) is 0 Å². The van der Waals surface area contributed by atoms with Crippen molar-refractivity contribution < 1.29 is 13.9 Å². The summed E-state index contributed by atoms with van der Waals surface area (Å²) in [4.78, 5) is 17.8. The predicted octanol–water partition coefficient (Wildman–Crippen LogP) is 5.21. The van der Waals surface area contributed by atoms with E-state index in [0.717, 1.165) is 29.2 Å². The topological polar surface area (TPSA) is 64.4 Å². The van der Waals surface area contributed by atoms with Gasteiger partial charge in [0.1, 0.15) is 11.5 Å². The lowest BCUT2D eigenvalue weighted by Crippen LogP contribution is -2.15. The number of hydrogen-bond donors (Lipinski definition) is 1. The summed E-state index contributed by atoms with van der Waals surface area (Å²) in [6.07, 6.45) is 5.26. The fourth-order valence-corrected chi connectivity index (χ4v) is 3.92. The molecule has 0 saturated heterocycles. The Kier molecular flexibility index (Phi) is 5.25. The lowest BCUT2D eigenvalue weighted by atomic mass is 10.2. The molecule has 4 rings (SSSR count). The van der Waals surface area contributed by atoms with Gasteiger partial charge in [-0.05, 0) is 68.3 Å². The number of oxazole rings is 1. The molecule has 1 amide bonds. The van der Waals surface area contributed by atoms with Crippen LogP contribution in [0.15, 0.2) is 46.2 Å². The molecule has 27 heavy (non-hydrogen) atoms. The number of aryl methyl sites for hydroxylation is 1. The van der Waals surface area contributed by atoms with Gasteiger partial charge in [-0.2, -0.15) is 0 Å². The Balaban J connectivity index is 1.35. The zero-order valence-electron chi connectivity index (χ0n) is 15.2. The number of amides is 1. The van der Waals surface area contributed by atoms with E-state index in [9.17, 15) is 4.79 Å². The minimum atomic E-state index is -0.117. The highest BCUT2D eigenvalue weighted by atomic mass is 32.1. The molecular formula is C21H22N2O3S. The molecule has 1 aromatic carbocycles. The van der Waals surface area contributed by atoms with Gasteiger partial charge in [0.05, 0.1) is 23.1 Å². The maximum Gasteiger partial charge on any atom is 0.236 e. The first kappa shape index (κ1) is 17.8. The molecule has 1 aliphatic rings. The van der Waals surface area contributed by atoms with Crippen LogP contribution >= 0.6 is 11.3 Å². The van der Waals surface area contributed by atoms with Crippen molar-refractivity contribution in [3.05, 3.63) is 53.2 Å². The van der Waals surface area contributed by atoms with Crippen LogP contribution in [0.1, 0.15) is 37.1 Å². The number of carbonyl (C=O) groups is 1. The van der Waals surface area contributed by atoms with Gasteiger partial charge in [0.25, 0.3) is 0 Å². The molecule has 2 aromatic heterocycles. The van der Waals surface area contributed by atoms with Crippen LogP contribution in [0.4, 0.5) is 5.69 Å². The van der Waals surface area contributed by atoms with Crippen molar-refractivity contribution in [2.24, 2.45) is 0 Å². The Labute approximate surface area is 162 Å². The first-order valence-electron chi connectivity index (χ1n) is 9.24. The highest BCUT2D eigenvalue weighted by Crippen LogP contribution is 2.27. The Morgan fingerprint density at radius 1 is 1.26 bits per heavy atom. The van der Waals surface area contributed by atoms with Gasteiger partial charge in [-0.25, -0.2) is 4.98 Å². The van der Waals surface area contributed by atoms with E-state index >= 15 is 0 Å². The Bertz CT molecular complexity index is 894. The monoisotopic (exact) mass is 382 g/mol. The quantitative estimate of drug-likeness (QED) is 0.635. The van der Waals surface area contributed by atoms with Gasteiger partial charge in [-0.3, -0.25) is 4.79 Å². The third kappa shape index (κ3) is 4.39. The fraction of sp³-hybridized carbons (Fsp3) is 0.333. The van der Waals surface area contributed by atoms with E-state index < -0.39 is 0 Å². The number of rotatable bonds is 6. The Morgan fingerprint density at radius 3 is 2.74 bits per heavy atom. The second-order valence-corrected chi connectivity index (χ2v) is 7.72. The summed E-state index contributed by atoms with van der Waals surface area (Å²) in [5.74, 6) is 1.98.